The number of carbonyl (C=O) groups is 1. The van der Waals surface area contributed by atoms with E-state index in [1.165, 1.54) is 16.3 Å². The number of nitrogens with one attached hydrogen (secondary N) is 2. The van der Waals surface area contributed by atoms with E-state index in [4.69, 9.17) is 9.47 Å². The zero-order chi connectivity index (χ0) is 33.5. The lowest BCUT2D eigenvalue weighted by Crippen LogP contribution is -2.38. The van der Waals surface area contributed by atoms with Crippen LogP contribution in [0.15, 0.2) is 115 Å². The molecule has 7 nitrogen and oxygen atoms in total. The van der Waals surface area contributed by atoms with E-state index < -0.39 is 6.29 Å². The molecule has 6 rings (SSSR count). The van der Waals surface area contributed by atoms with Crippen LogP contribution in [0.5, 0.6) is 0 Å². The highest BCUT2D eigenvalue weighted by Crippen LogP contribution is 2.39. The smallest absolute Gasteiger partial charge is 0.315 e. The van der Waals surface area contributed by atoms with Crippen LogP contribution in [-0.4, -0.2) is 42.3 Å². The number of hydrogen-bond donors (Lipinski definition) is 3. The van der Waals surface area contributed by atoms with Crippen molar-refractivity contribution in [2.45, 2.75) is 58.0 Å². The van der Waals surface area contributed by atoms with Crippen LogP contribution in [0.2, 0.25) is 0 Å². The van der Waals surface area contributed by atoms with E-state index in [9.17, 15) is 9.90 Å². The number of carbonyl (C=O) groups excluding carboxylic acids is 1. The average molecular weight is 644 g/mol. The Labute approximate surface area is 283 Å². The van der Waals surface area contributed by atoms with Crippen molar-refractivity contribution >= 4 is 16.8 Å². The molecule has 48 heavy (non-hydrogen) atoms. The second-order valence-corrected chi connectivity index (χ2v) is 12.6. The second kappa shape index (κ2) is 15.6. The Morgan fingerprint density at radius 1 is 0.812 bits per heavy atom. The van der Waals surface area contributed by atoms with Crippen molar-refractivity contribution in [2.24, 2.45) is 0 Å². The lowest BCUT2D eigenvalue weighted by Gasteiger charge is -2.39. The summed E-state index contributed by atoms with van der Waals surface area (Å²) in [6.45, 7) is 5.94. The fourth-order valence-corrected chi connectivity index (χ4v) is 6.33. The summed E-state index contributed by atoms with van der Waals surface area (Å²) in [5.74, 6) is 0. The average Bonchev–Trinajstić information content (AvgIpc) is 3.13. The molecule has 0 aromatic heterocycles. The minimum absolute atomic E-state index is 0.0115. The number of rotatable bonds is 11. The van der Waals surface area contributed by atoms with Crippen molar-refractivity contribution in [2.75, 3.05) is 20.1 Å². The van der Waals surface area contributed by atoms with E-state index in [0.717, 1.165) is 46.3 Å². The molecule has 0 spiro atoms. The van der Waals surface area contributed by atoms with Gasteiger partial charge >= 0.3 is 6.03 Å². The number of benzene rings is 5. The third-order valence-electron chi connectivity index (χ3n) is 9.26. The van der Waals surface area contributed by atoms with E-state index in [0.29, 0.717) is 13.1 Å². The summed E-state index contributed by atoms with van der Waals surface area (Å²) in [5, 5.41) is 17.7. The molecule has 2 amide bonds. The summed E-state index contributed by atoms with van der Waals surface area (Å²) in [6.07, 6.45) is -0.0243. The maximum atomic E-state index is 11.9. The number of aliphatic hydroxyl groups is 1. The Morgan fingerprint density at radius 2 is 1.56 bits per heavy atom. The summed E-state index contributed by atoms with van der Waals surface area (Å²) in [6, 6.07) is 39.8. The highest BCUT2D eigenvalue weighted by Gasteiger charge is 2.33. The normalized spacial score (nSPS) is 18.5. The monoisotopic (exact) mass is 643 g/mol. The number of ether oxygens (including phenoxy) is 2. The van der Waals surface area contributed by atoms with Crippen LogP contribution in [0.1, 0.15) is 66.5 Å². The predicted octanol–water partition coefficient (Wildman–Crippen LogP) is 8.06. The number of nitrogens with zero attached hydrogens (tertiary/aromatic N) is 1. The summed E-state index contributed by atoms with van der Waals surface area (Å²) < 4.78 is 13.3. The van der Waals surface area contributed by atoms with Gasteiger partial charge in [-0.3, -0.25) is 4.90 Å². The molecule has 5 aromatic rings. The molecule has 7 heteroatoms. The number of likely N-dealkylation sites (N-methyl/N-ethyl adjacent to an activating group) is 1. The quantitative estimate of drug-likeness (QED) is 0.136. The molecule has 1 fully saturated rings. The van der Waals surface area contributed by atoms with Crippen molar-refractivity contribution in [3.63, 3.8) is 0 Å². The Kier molecular flexibility index (Phi) is 10.8. The van der Waals surface area contributed by atoms with Gasteiger partial charge in [-0.05, 0) is 77.2 Å². The molecular formula is C41H45N3O4. The Balaban J connectivity index is 1.19. The fourth-order valence-electron chi connectivity index (χ4n) is 6.33. The highest BCUT2D eigenvalue weighted by molar-refractivity contribution is 5.83. The van der Waals surface area contributed by atoms with Gasteiger partial charge in [-0.1, -0.05) is 103 Å². The third kappa shape index (κ3) is 8.12. The first kappa shape index (κ1) is 33.4. The molecule has 3 N–H and O–H groups in total. The molecule has 1 saturated heterocycles. The molecule has 4 unspecified atom stereocenters. The zero-order valence-corrected chi connectivity index (χ0v) is 27.9. The first-order chi connectivity index (χ1) is 23.4. The van der Waals surface area contributed by atoms with E-state index >= 15 is 0 Å². The maximum Gasteiger partial charge on any atom is 0.315 e. The maximum absolute atomic E-state index is 11.9. The van der Waals surface area contributed by atoms with Gasteiger partial charge in [0.15, 0.2) is 6.29 Å². The van der Waals surface area contributed by atoms with Crippen molar-refractivity contribution in [1.82, 2.24) is 15.5 Å². The van der Waals surface area contributed by atoms with Gasteiger partial charge in [-0.15, -0.1) is 0 Å². The second-order valence-electron chi connectivity index (χ2n) is 12.6. The highest BCUT2D eigenvalue weighted by atomic mass is 16.7. The molecular weight excluding hydrogens is 598 g/mol. The first-order valence-corrected chi connectivity index (χ1v) is 16.8. The van der Waals surface area contributed by atoms with Gasteiger partial charge in [0.25, 0.3) is 0 Å². The van der Waals surface area contributed by atoms with E-state index in [2.05, 4.69) is 108 Å². The Hall–Kier alpha value is -4.53. The van der Waals surface area contributed by atoms with Crippen LogP contribution in [0, 0.1) is 0 Å². The van der Waals surface area contributed by atoms with Gasteiger partial charge in [0.05, 0.1) is 18.8 Å². The van der Waals surface area contributed by atoms with E-state index in [-0.39, 0.29) is 30.9 Å². The lowest BCUT2D eigenvalue weighted by atomic mass is 9.98. The van der Waals surface area contributed by atoms with Crippen LogP contribution in [-0.2, 0) is 22.6 Å². The largest absolute Gasteiger partial charge is 0.392 e. The Morgan fingerprint density at radius 3 is 2.31 bits per heavy atom. The van der Waals surface area contributed by atoms with Gasteiger partial charge in [0, 0.05) is 37.7 Å². The van der Waals surface area contributed by atoms with Gasteiger partial charge in [-0.25, -0.2) is 4.79 Å². The molecule has 4 atom stereocenters. The molecule has 0 radical (unpaired) electrons. The molecule has 1 heterocycles. The molecule has 1 aliphatic rings. The van der Waals surface area contributed by atoms with E-state index in [1.54, 1.807) is 0 Å². The first-order valence-electron chi connectivity index (χ1n) is 16.8. The van der Waals surface area contributed by atoms with Gasteiger partial charge in [-0.2, -0.15) is 0 Å². The standard InChI is InChI=1S/C41H45N3O4/c1-4-42-41(46)43-25-30-8-7-11-36(22-30)32-16-19-34(20-17-32)40-47-38(24-39(48-40)33-14-12-29(27-45)13-15-33)26-44(3)28(2)35-21-18-31-9-5-6-10-37(31)23-35/h5-23,28,38-40,45H,4,24-27H2,1-3H3,(H2,42,43,46). The zero-order valence-electron chi connectivity index (χ0n) is 27.9. The predicted molar refractivity (Wildman–Crippen MR) is 191 cm³/mol. The number of urea groups is 1. The minimum Gasteiger partial charge on any atom is -0.392 e. The van der Waals surface area contributed by atoms with E-state index in [1.807, 2.05) is 43.3 Å². The fraction of sp³-hybridized carbons (Fsp3) is 0.293. The summed E-state index contributed by atoms with van der Waals surface area (Å²) in [5.41, 5.74) is 7.36. The van der Waals surface area contributed by atoms with Crippen molar-refractivity contribution in [1.29, 1.82) is 0 Å². The minimum atomic E-state index is -0.530. The molecule has 0 saturated carbocycles. The molecule has 248 valence electrons. The van der Waals surface area contributed by atoms with Gasteiger partial charge in [0.2, 0.25) is 0 Å². The van der Waals surface area contributed by atoms with Crippen LogP contribution in [0.4, 0.5) is 4.79 Å². The van der Waals surface area contributed by atoms with Crippen LogP contribution in [0.25, 0.3) is 21.9 Å². The number of amides is 2. The topological polar surface area (TPSA) is 83.1 Å². The SMILES string of the molecule is CCNC(=O)NCc1cccc(-c2ccc(C3OC(CN(C)C(C)c4ccc5ccccc5c4)CC(c4ccc(CO)cc4)O3)cc2)c1. The summed E-state index contributed by atoms with van der Waals surface area (Å²) in [7, 11) is 2.16. The Bertz CT molecular complexity index is 1810. The molecule has 0 aliphatic carbocycles. The van der Waals surface area contributed by atoms with Gasteiger partial charge in [0.1, 0.15) is 0 Å². The van der Waals surface area contributed by atoms with Crippen LogP contribution in [0.3, 0.4) is 0 Å². The van der Waals surface area contributed by atoms with Gasteiger partial charge < -0.3 is 25.2 Å². The summed E-state index contributed by atoms with van der Waals surface area (Å²) in [4.78, 5) is 14.2. The third-order valence-corrected chi connectivity index (χ3v) is 9.26. The van der Waals surface area contributed by atoms with Crippen molar-refractivity contribution in [3.05, 3.63) is 143 Å². The summed E-state index contributed by atoms with van der Waals surface area (Å²) >= 11 is 0. The number of fused-ring (bicyclic) bond motifs is 1. The van der Waals surface area contributed by atoms with Crippen molar-refractivity contribution in [3.8, 4) is 11.1 Å². The molecule has 0 bridgehead atoms. The van der Waals surface area contributed by atoms with Crippen molar-refractivity contribution < 1.29 is 19.4 Å². The molecule has 5 aromatic carbocycles. The lowest BCUT2D eigenvalue weighted by molar-refractivity contribution is -0.253. The number of aliphatic hydroxyl groups excluding tert-OH is 1. The molecule has 1 aliphatic heterocycles. The van der Waals surface area contributed by atoms with Crippen LogP contribution < -0.4 is 10.6 Å². The number of hydrogen-bond acceptors (Lipinski definition) is 5. The van der Waals surface area contributed by atoms with Crippen LogP contribution >= 0.6 is 0 Å².